The number of alkyl carbamates (subject to hydrolysis) is 2. The van der Waals surface area contributed by atoms with Gasteiger partial charge in [0.2, 0.25) is 5.91 Å². The molecular weight excluding hydrogens is 1900 g/mol. The number of nitrogens with one attached hydrogen (secondary N) is 6. The van der Waals surface area contributed by atoms with Crippen LogP contribution in [0.2, 0.25) is 0 Å². The molecule has 0 aliphatic carbocycles. The molecule has 0 saturated carbocycles. The number of halogens is 4. The Kier molecular flexibility index (Phi) is 46.4. The van der Waals surface area contributed by atoms with E-state index in [9.17, 15) is 71.8 Å². The number of carboxylic acids is 1. The molecular formula is C86H118F4N22O24S3. The third-order valence-corrected chi connectivity index (χ3v) is 20.2. The number of methoxy groups -OCH3 is 3. The summed E-state index contributed by atoms with van der Waals surface area (Å²) >= 11 is 14.7. The number of benzene rings is 4. The van der Waals surface area contributed by atoms with E-state index >= 15 is 4.39 Å². The summed E-state index contributed by atoms with van der Waals surface area (Å²) in [7, 11) is 4.31. The van der Waals surface area contributed by atoms with E-state index in [2.05, 4.69) is 36.3 Å². The Balaban J connectivity index is 0.000000274. The number of aliphatic carboxylic acids is 1. The number of nitrogens with zero attached hydrogens (tertiary/aromatic N) is 10. The number of furan rings is 2. The highest BCUT2D eigenvalue weighted by molar-refractivity contribution is 7.80. The molecule has 4 aromatic carbocycles. The van der Waals surface area contributed by atoms with Crippen molar-refractivity contribution >= 4 is 170 Å². The number of anilines is 8. The molecule has 6 aromatic rings. The van der Waals surface area contributed by atoms with Crippen LogP contribution in [-0.4, -0.2) is 293 Å². The third kappa shape index (κ3) is 38.2. The van der Waals surface area contributed by atoms with E-state index in [-0.39, 0.29) is 111 Å². The molecule has 4 atom stereocenters. The maximum Gasteiger partial charge on any atom is 0.433 e. The summed E-state index contributed by atoms with van der Waals surface area (Å²) in [5, 5.41) is 46.0. The van der Waals surface area contributed by atoms with Gasteiger partial charge in [-0.25, -0.2) is 51.1 Å². The monoisotopic (exact) mass is 2010 g/mol. The van der Waals surface area contributed by atoms with E-state index in [4.69, 9.17) is 123 Å². The smallest absolute Gasteiger partial charge is 0.433 e. The average molecular weight is 2020 g/mol. The second-order valence-corrected chi connectivity index (χ2v) is 32.9. The quantitative estimate of drug-likeness (QED) is 0.00469. The Morgan fingerprint density at radius 1 is 0.439 bits per heavy atom. The van der Waals surface area contributed by atoms with Gasteiger partial charge in [0.15, 0.2) is 0 Å². The molecule has 4 saturated heterocycles. The number of nitrogens with two attached hydrogens (primary N) is 6. The van der Waals surface area contributed by atoms with Crippen molar-refractivity contribution < 1.29 is 122 Å². The highest BCUT2D eigenvalue weighted by Gasteiger charge is 2.38. The topological polar surface area (TPSA) is 607 Å². The van der Waals surface area contributed by atoms with Crippen molar-refractivity contribution in [1.29, 1.82) is 0 Å². The molecule has 139 heavy (non-hydrogen) atoms. The van der Waals surface area contributed by atoms with Crippen LogP contribution in [0, 0.1) is 43.5 Å². The number of cyclic esters (lactones) is 4. The lowest BCUT2D eigenvalue weighted by atomic mass is 10.2. The number of carboxylic acid groups (broad SMARTS) is 1. The van der Waals surface area contributed by atoms with E-state index < -0.39 is 129 Å². The standard InChI is InChI=1S/C23H27FN6O7S.C21H32FN5O5S.C19H30FN5O4.C16H24FN5O3S.C7H5NO5/c1-35-22(38)27-13-17-14-29(23(32)37-17)15-2-5-19(18(24)12-15)28(10-8-25)11-9-26-20(31)6-3-16-4-7-21(36-16)30(33)34;1-21(2,3)32-18(28)24-8-10-26(9-7-23)17-6-5-14(11-16(17)22)27-13-15(31-20(27)29)12-25-19(33)30-4;1-19(2,3)29-17(26)23-7-9-24(8-6-21)16-5-4-13(10-15(16)20)25-12-14(11-22)28-18(25)27;1-24-15(26)20-9-12-10-22(16(23)25-12)11-2-3-14(13(17)8-11)21(6-4-18)7-5-19;9-7(10)4-2-5-1-3-6(13-5)8(11)12/h2-7,12,17H,8-11,13-14,25H2,1H3,(H,26,31)(H,27,38);5-6,11,15H,7-10,12-13,23H2,1-4H3,(H,24,28)(H,25,33);4-5,10,14H,6-9,11-12,21-22H2,1-3H3,(H,23,26);2-3,8,12H,4-7,9-10,18-19H2,1H3,(H,20,26);1-4H,(H,9,10)/b6-3+;;;;4-2+/t17-;15-;14-;12-;/m0000./s1. The molecule has 4 aliphatic heterocycles. The number of carbonyl (C=O) groups excluding carboxylic acids is 7. The van der Waals surface area contributed by atoms with Gasteiger partial charge in [0.05, 0.1) is 125 Å². The number of ether oxygens (including phenoxy) is 9. The lowest BCUT2D eigenvalue weighted by molar-refractivity contribution is -0.402. The summed E-state index contributed by atoms with van der Waals surface area (Å²) in [5.74, 6) is -4.20. The van der Waals surface area contributed by atoms with E-state index in [0.717, 1.165) is 18.2 Å². The van der Waals surface area contributed by atoms with Crippen molar-refractivity contribution in [2.45, 2.75) is 77.2 Å². The van der Waals surface area contributed by atoms with Crippen LogP contribution in [0.4, 0.5) is 104 Å². The summed E-state index contributed by atoms with van der Waals surface area (Å²) in [4.78, 5) is 126. The molecule has 6 heterocycles. The summed E-state index contributed by atoms with van der Waals surface area (Å²) < 4.78 is 115. The first-order valence-corrected chi connectivity index (χ1v) is 44.3. The minimum Gasteiger partial charge on any atom is -0.478 e. The largest absolute Gasteiger partial charge is 0.478 e. The van der Waals surface area contributed by atoms with Crippen LogP contribution >= 0.6 is 36.7 Å². The average Bonchev–Trinajstić information content (AvgIpc) is 1.70. The normalized spacial score (nSPS) is 15.3. The molecule has 46 nitrogen and oxygen atoms in total. The molecule has 4 aliphatic rings. The second kappa shape index (κ2) is 56.7. The maximum atomic E-state index is 15.1. The Morgan fingerprint density at radius 2 is 0.712 bits per heavy atom. The first-order chi connectivity index (χ1) is 66.0. The molecule has 2 aromatic heterocycles. The molecule has 0 bridgehead atoms. The van der Waals surface area contributed by atoms with E-state index in [0.29, 0.717) is 118 Å². The molecule has 19 N–H and O–H groups in total. The van der Waals surface area contributed by atoms with Gasteiger partial charge in [-0.2, -0.15) is 0 Å². The van der Waals surface area contributed by atoms with Gasteiger partial charge in [-0.05, 0) is 175 Å². The fourth-order valence-corrected chi connectivity index (χ4v) is 13.3. The van der Waals surface area contributed by atoms with Gasteiger partial charge in [-0.3, -0.25) is 44.6 Å². The Bertz CT molecular complexity index is 5210. The van der Waals surface area contributed by atoms with Crippen molar-refractivity contribution in [2.75, 3.05) is 218 Å². The number of carbonyl (C=O) groups is 8. The zero-order valence-electron chi connectivity index (χ0n) is 77.8. The minimum absolute atomic E-state index is 0.133. The first-order valence-electron chi connectivity index (χ1n) is 43.0. The van der Waals surface area contributed by atoms with Crippen molar-refractivity contribution in [3.63, 3.8) is 0 Å². The molecule has 0 unspecified atom stereocenters. The van der Waals surface area contributed by atoms with Crippen LogP contribution in [-0.2, 0) is 52.2 Å². The number of thiocarbonyl (C=S) groups is 3. The number of hydrogen-bond donors (Lipinski definition) is 13. The van der Waals surface area contributed by atoms with E-state index in [1.165, 1.54) is 102 Å². The lowest BCUT2D eigenvalue weighted by Crippen LogP contribution is -2.40. The predicted octanol–water partition coefficient (Wildman–Crippen LogP) is 6.81. The molecule has 0 spiro atoms. The molecule has 10 rings (SSSR count). The van der Waals surface area contributed by atoms with E-state index in [1.54, 1.807) is 104 Å². The molecule has 0 radical (unpaired) electrons. The summed E-state index contributed by atoms with van der Waals surface area (Å²) in [6.07, 6.45) is -0.671. The van der Waals surface area contributed by atoms with Gasteiger partial charge in [0.1, 0.15) is 80.3 Å². The number of amides is 7. The summed E-state index contributed by atoms with van der Waals surface area (Å²) in [6.45, 7) is 18.0. The van der Waals surface area contributed by atoms with Gasteiger partial charge in [0.25, 0.3) is 15.5 Å². The molecule has 4 fully saturated rings. The number of hydrogen-bond acceptors (Lipinski definition) is 36. The fraction of sp³-hybridized carbons (Fsp3) is 0.453. The second-order valence-electron chi connectivity index (χ2n) is 31.8. The van der Waals surface area contributed by atoms with Gasteiger partial charge in [0, 0.05) is 123 Å². The highest BCUT2D eigenvalue weighted by atomic mass is 32.1. The zero-order valence-corrected chi connectivity index (χ0v) is 80.3. The highest BCUT2D eigenvalue weighted by Crippen LogP contribution is 2.34. The summed E-state index contributed by atoms with van der Waals surface area (Å²) in [6, 6.07) is 23.0. The Hall–Kier alpha value is -14.0. The minimum atomic E-state index is -1.14. The molecule has 7 amide bonds. The van der Waals surface area contributed by atoms with Crippen LogP contribution in [0.3, 0.4) is 0 Å². The van der Waals surface area contributed by atoms with Gasteiger partial charge >= 0.3 is 54.3 Å². The van der Waals surface area contributed by atoms with Crippen molar-refractivity contribution in [1.82, 2.24) is 31.9 Å². The fourth-order valence-electron chi connectivity index (χ4n) is 13.0. The van der Waals surface area contributed by atoms with Crippen LogP contribution in [0.1, 0.15) is 53.1 Å². The lowest BCUT2D eigenvalue weighted by Gasteiger charge is -2.26. The predicted molar refractivity (Wildman–Crippen MR) is 520 cm³/mol. The Labute approximate surface area is 813 Å². The summed E-state index contributed by atoms with van der Waals surface area (Å²) in [5.41, 5.74) is 35.3. The van der Waals surface area contributed by atoms with Crippen molar-refractivity contribution in [2.24, 2.45) is 34.4 Å². The first kappa shape index (κ1) is 114. The zero-order chi connectivity index (χ0) is 103. The molecule has 53 heteroatoms. The molecule has 762 valence electrons. The van der Waals surface area contributed by atoms with Crippen LogP contribution in [0.25, 0.3) is 12.2 Å². The maximum absolute atomic E-state index is 15.1. The van der Waals surface area contributed by atoms with Crippen molar-refractivity contribution in [3.8, 4) is 0 Å². The number of rotatable bonds is 40. The van der Waals surface area contributed by atoms with Crippen LogP contribution in [0.15, 0.2) is 118 Å². The van der Waals surface area contributed by atoms with Crippen LogP contribution in [0.5, 0.6) is 0 Å². The SMILES string of the molecule is CC(C)(C)OC(=O)NCCN(CCN)c1ccc(N2C[C@H](CN)OC2=O)cc1F.COC(=S)NC[C@H]1CN(c2ccc(N(CCN)CCN)c(F)c2)C(=O)O1.COC(=S)NC[C@H]1CN(c2ccc(N(CCN)CCNC(=O)/C=C/c3ccc([N+](=O)[O-])o3)c(F)c2)C(=O)O1.COC(=S)NC[C@H]1CN(c2ccc(N(CCN)CCNC(=O)OC(C)(C)C)c(F)c2)C(=O)O1.O=C(O)/C=C/c1ccc([N+](=O)[O-])o1. The van der Waals surface area contributed by atoms with Crippen LogP contribution < -0.4 is 106 Å². The van der Waals surface area contributed by atoms with Crippen molar-refractivity contribution in [3.05, 3.63) is 164 Å². The Morgan fingerprint density at radius 3 is 0.957 bits per heavy atom. The number of nitro groups is 2. The van der Waals surface area contributed by atoms with Gasteiger partial charge in [-0.15, -0.1) is 0 Å². The third-order valence-electron chi connectivity index (χ3n) is 19.2. The van der Waals surface area contributed by atoms with Gasteiger partial charge in [-0.1, -0.05) is 0 Å². The van der Waals surface area contributed by atoms with E-state index in [1.807, 2.05) is 0 Å². The van der Waals surface area contributed by atoms with Gasteiger partial charge < -0.3 is 142 Å².